The Hall–Kier alpha value is -1.20. The number of hydrogen-bond donors (Lipinski definition) is 0. The van der Waals surface area contributed by atoms with Crippen LogP contribution in [0.4, 0.5) is 0 Å². The van der Waals surface area contributed by atoms with Gasteiger partial charge < -0.3 is 4.74 Å². The molecule has 0 aromatic carbocycles. The first kappa shape index (κ1) is 11.3. The molecule has 2 rings (SSSR count). The fourth-order valence-electron chi connectivity index (χ4n) is 1.30. The zero-order valence-corrected chi connectivity index (χ0v) is 10.7. The van der Waals surface area contributed by atoms with Crippen molar-refractivity contribution in [2.45, 2.75) is 13.3 Å². The van der Waals surface area contributed by atoms with Crippen LogP contribution in [0, 0.1) is 6.92 Å². The van der Waals surface area contributed by atoms with Crippen molar-refractivity contribution in [2.24, 2.45) is 0 Å². The third-order valence-electron chi connectivity index (χ3n) is 2.16. The van der Waals surface area contributed by atoms with Crippen LogP contribution in [0.2, 0.25) is 0 Å². The number of methoxy groups -OCH3 is 1. The predicted molar refractivity (Wildman–Crippen MR) is 65.9 cm³/mol. The van der Waals surface area contributed by atoms with E-state index in [1.54, 1.807) is 22.7 Å². The van der Waals surface area contributed by atoms with Gasteiger partial charge in [0.25, 0.3) is 0 Å². The Morgan fingerprint density at radius 3 is 3.00 bits per heavy atom. The standard InChI is InChI=1S/C11H11NO2S2/c1-7-9(6-10(13)14-2)16-11(12-7)8-4-3-5-15-8/h3-5H,6H2,1-2H3. The molecule has 2 aromatic rings. The maximum atomic E-state index is 11.2. The van der Waals surface area contributed by atoms with Gasteiger partial charge in [-0.25, -0.2) is 4.98 Å². The molecular formula is C11H11NO2S2. The number of carbonyl (C=O) groups excluding carboxylic acids is 1. The third-order valence-corrected chi connectivity index (χ3v) is 4.35. The average Bonchev–Trinajstić information content (AvgIpc) is 2.88. The molecule has 2 aromatic heterocycles. The largest absolute Gasteiger partial charge is 0.469 e. The van der Waals surface area contributed by atoms with Crippen LogP contribution in [0.1, 0.15) is 10.6 Å². The van der Waals surface area contributed by atoms with Crippen molar-refractivity contribution in [1.82, 2.24) is 4.98 Å². The second-order valence-corrected chi connectivity index (χ2v) is 5.29. The van der Waals surface area contributed by atoms with Gasteiger partial charge in [-0.3, -0.25) is 4.79 Å². The number of aryl methyl sites for hydroxylation is 1. The fraction of sp³-hybridized carbons (Fsp3) is 0.273. The van der Waals surface area contributed by atoms with E-state index < -0.39 is 0 Å². The fourth-order valence-corrected chi connectivity index (χ4v) is 3.15. The molecule has 0 saturated heterocycles. The minimum Gasteiger partial charge on any atom is -0.469 e. The molecule has 0 amide bonds. The average molecular weight is 253 g/mol. The van der Waals surface area contributed by atoms with Crippen molar-refractivity contribution in [1.29, 1.82) is 0 Å². The van der Waals surface area contributed by atoms with E-state index in [0.717, 1.165) is 20.5 Å². The van der Waals surface area contributed by atoms with Crippen molar-refractivity contribution in [2.75, 3.05) is 7.11 Å². The minimum absolute atomic E-state index is 0.218. The summed E-state index contributed by atoms with van der Waals surface area (Å²) in [5, 5.41) is 3.00. The summed E-state index contributed by atoms with van der Waals surface area (Å²) in [6.45, 7) is 1.92. The summed E-state index contributed by atoms with van der Waals surface area (Å²) in [7, 11) is 1.40. The van der Waals surface area contributed by atoms with Gasteiger partial charge >= 0.3 is 5.97 Å². The molecule has 0 N–H and O–H groups in total. The summed E-state index contributed by atoms with van der Waals surface area (Å²) in [5.41, 5.74) is 0.916. The maximum Gasteiger partial charge on any atom is 0.310 e. The first-order valence-corrected chi connectivity index (χ1v) is 6.47. The van der Waals surface area contributed by atoms with Crippen LogP contribution >= 0.6 is 22.7 Å². The van der Waals surface area contributed by atoms with Crippen molar-refractivity contribution in [3.8, 4) is 9.88 Å². The summed E-state index contributed by atoms with van der Waals surface area (Å²) in [5.74, 6) is -0.218. The van der Waals surface area contributed by atoms with E-state index >= 15 is 0 Å². The van der Waals surface area contributed by atoms with Crippen molar-refractivity contribution < 1.29 is 9.53 Å². The molecule has 3 nitrogen and oxygen atoms in total. The molecule has 0 radical (unpaired) electrons. The maximum absolute atomic E-state index is 11.2. The zero-order valence-electron chi connectivity index (χ0n) is 9.02. The molecule has 0 aliphatic rings. The lowest BCUT2D eigenvalue weighted by Gasteiger charge is -1.95. The Labute approximate surface area is 102 Å². The smallest absolute Gasteiger partial charge is 0.310 e. The number of carbonyl (C=O) groups is 1. The highest BCUT2D eigenvalue weighted by Crippen LogP contribution is 2.31. The number of nitrogens with zero attached hydrogens (tertiary/aromatic N) is 1. The van der Waals surface area contributed by atoms with Crippen LogP contribution in [-0.4, -0.2) is 18.1 Å². The molecule has 5 heteroatoms. The quantitative estimate of drug-likeness (QED) is 0.790. The lowest BCUT2D eigenvalue weighted by Crippen LogP contribution is -2.03. The van der Waals surface area contributed by atoms with E-state index in [1.807, 2.05) is 24.4 Å². The molecule has 0 bridgehead atoms. The van der Waals surface area contributed by atoms with Gasteiger partial charge in [-0.2, -0.15) is 0 Å². The monoisotopic (exact) mass is 253 g/mol. The van der Waals surface area contributed by atoms with Crippen LogP contribution in [0.5, 0.6) is 0 Å². The summed E-state index contributed by atoms with van der Waals surface area (Å²) in [6, 6.07) is 4.03. The summed E-state index contributed by atoms with van der Waals surface area (Å²) in [4.78, 5) is 17.8. The topological polar surface area (TPSA) is 39.2 Å². The van der Waals surface area contributed by atoms with E-state index in [0.29, 0.717) is 6.42 Å². The van der Waals surface area contributed by atoms with Crippen LogP contribution < -0.4 is 0 Å². The number of thiophene rings is 1. The SMILES string of the molecule is COC(=O)Cc1sc(-c2cccs2)nc1C. The minimum atomic E-state index is -0.218. The van der Waals surface area contributed by atoms with Crippen LogP contribution in [0.25, 0.3) is 9.88 Å². The van der Waals surface area contributed by atoms with E-state index in [2.05, 4.69) is 9.72 Å². The summed E-state index contributed by atoms with van der Waals surface area (Å²) in [6.07, 6.45) is 0.311. The Morgan fingerprint density at radius 2 is 2.38 bits per heavy atom. The first-order valence-electron chi connectivity index (χ1n) is 4.77. The van der Waals surface area contributed by atoms with Crippen molar-refractivity contribution >= 4 is 28.6 Å². The number of hydrogen-bond acceptors (Lipinski definition) is 5. The number of esters is 1. The molecule has 16 heavy (non-hydrogen) atoms. The van der Waals surface area contributed by atoms with Gasteiger partial charge in [-0.1, -0.05) is 6.07 Å². The van der Waals surface area contributed by atoms with Gasteiger partial charge in [0, 0.05) is 4.88 Å². The van der Waals surface area contributed by atoms with Gasteiger partial charge in [0.15, 0.2) is 0 Å². The predicted octanol–water partition coefficient (Wildman–Crippen LogP) is 2.90. The Balaban J connectivity index is 2.25. The van der Waals surface area contributed by atoms with Crippen LogP contribution in [0.3, 0.4) is 0 Å². The lowest BCUT2D eigenvalue weighted by molar-refractivity contribution is -0.139. The van der Waals surface area contributed by atoms with E-state index in [9.17, 15) is 4.79 Å². The molecule has 0 spiro atoms. The highest BCUT2D eigenvalue weighted by Gasteiger charge is 2.13. The Morgan fingerprint density at radius 1 is 1.56 bits per heavy atom. The molecule has 2 heterocycles. The molecule has 0 saturated carbocycles. The van der Waals surface area contributed by atoms with Crippen molar-refractivity contribution in [3.63, 3.8) is 0 Å². The van der Waals surface area contributed by atoms with Crippen LogP contribution in [-0.2, 0) is 16.0 Å². The third kappa shape index (κ3) is 2.31. The Bertz CT molecular complexity index is 488. The van der Waals surface area contributed by atoms with Gasteiger partial charge in [0.1, 0.15) is 5.01 Å². The van der Waals surface area contributed by atoms with Gasteiger partial charge in [0.05, 0.1) is 24.1 Å². The van der Waals surface area contributed by atoms with Gasteiger partial charge in [0.2, 0.25) is 0 Å². The van der Waals surface area contributed by atoms with Gasteiger partial charge in [-0.15, -0.1) is 22.7 Å². The molecule has 0 aliphatic carbocycles. The highest BCUT2D eigenvalue weighted by atomic mass is 32.1. The normalized spacial score (nSPS) is 10.4. The zero-order chi connectivity index (χ0) is 11.5. The number of thiazole rings is 1. The number of ether oxygens (including phenoxy) is 1. The van der Waals surface area contributed by atoms with E-state index in [1.165, 1.54) is 7.11 Å². The number of aromatic nitrogens is 1. The second-order valence-electron chi connectivity index (χ2n) is 3.26. The highest BCUT2D eigenvalue weighted by molar-refractivity contribution is 7.21. The summed E-state index contributed by atoms with van der Waals surface area (Å²) < 4.78 is 4.65. The molecule has 0 fully saturated rings. The molecule has 0 unspecified atom stereocenters. The van der Waals surface area contributed by atoms with Crippen molar-refractivity contribution in [3.05, 3.63) is 28.1 Å². The van der Waals surface area contributed by atoms with E-state index in [4.69, 9.17) is 0 Å². The molecular weight excluding hydrogens is 242 g/mol. The van der Waals surface area contributed by atoms with Gasteiger partial charge in [-0.05, 0) is 18.4 Å². The molecule has 84 valence electrons. The number of rotatable bonds is 3. The summed E-state index contributed by atoms with van der Waals surface area (Å²) >= 11 is 3.21. The Kier molecular flexibility index (Phi) is 3.36. The second kappa shape index (κ2) is 4.76. The molecule has 0 atom stereocenters. The van der Waals surface area contributed by atoms with Crippen LogP contribution in [0.15, 0.2) is 17.5 Å². The lowest BCUT2D eigenvalue weighted by atomic mass is 10.3. The first-order chi connectivity index (χ1) is 7.70. The molecule has 0 aliphatic heterocycles. The van der Waals surface area contributed by atoms with E-state index in [-0.39, 0.29) is 5.97 Å².